The number of aromatic hydroxyl groups is 1. The van der Waals surface area contributed by atoms with Crippen LogP contribution in [0.5, 0.6) is 11.5 Å². The van der Waals surface area contributed by atoms with Gasteiger partial charge >= 0.3 is 0 Å². The molecule has 3 aromatic rings. The molecule has 0 aromatic heterocycles. The lowest BCUT2D eigenvalue weighted by atomic mass is 9.98. The average molecular weight is 290 g/mol. The third kappa shape index (κ3) is 2.96. The van der Waals surface area contributed by atoms with Crippen LogP contribution in [-0.2, 0) is 0 Å². The molecule has 0 radical (unpaired) electrons. The molecule has 0 unspecified atom stereocenters. The number of ether oxygens (including phenoxy) is 1. The first-order valence-electron chi connectivity index (χ1n) is 7.21. The Balaban J connectivity index is 2.03. The smallest absolute Gasteiger partial charge is 0.118 e. The Kier molecular flexibility index (Phi) is 3.84. The normalized spacial score (nSPS) is 10.5. The van der Waals surface area contributed by atoms with Gasteiger partial charge in [0, 0.05) is 0 Å². The predicted molar refractivity (Wildman–Crippen MR) is 90.3 cm³/mol. The van der Waals surface area contributed by atoms with Gasteiger partial charge in [0.2, 0.25) is 0 Å². The lowest BCUT2D eigenvalue weighted by Crippen LogP contribution is -1.85. The van der Waals surface area contributed by atoms with Crippen LogP contribution in [-0.4, -0.2) is 12.2 Å². The van der Waals surface area contributed by atoms with E-state index in [0.717, 1.165) is 28.0 Å². The molecule has 0 saturated carbocycles. The summed E-state index contributed by atoms with van der Waals surface area (Å²) in [6.45, 7) is 2.06. The maximum atomic E-state index is 10.0. The summed E-state index contributed by atoms with van der Waals surface area (Å²) < 4.78 is 5.18. The molecule has 0 aliphatic rings. The van der Waals surface area contributed by atoms with Crippen LogP contribution in [0.2, 0.25) is 0 Å². The molecule has 0 bridgehead atoms. The number of phenols is 1. The van der Waals surface area contributed by atoms with Crippen LogP contribution in [0.25, 0.3) is 22.3 Å². The van der Waals surface area contributed by atoms with Crippen molar-refractivity contribution in [1.29, 1.82) is 0 Å². The van der Waals surface area contributed by atoms with E-state index in [9.17, 15) is 5.11 Å². The van der Waals surface area contributed by atoms with Crippen LogP contribution >= 0.6 is 0 Å². The van der Waals surface area contributed by atoms with Gasteiger partial charge in [0.25, 0.3) is 0 Å². The highest BCUT2D eigenvalue weighted by Crippen LogP contribution is 2.31. The van der Waals surface area contributed by atoms with Gasteiger partial charge in [-0.2, -0.15) is 0 Å². The Morgan fingerprint density at radius 3 is 1.68 bits per heavy atom. The molecule has 0 aliphatic heterocycles. The Morgan fingerprint density at radius 2 is 1.18 bits per heavy atom. The molecule has 0 amide bonds. The van der Waals surface area contributed by atoms with Crippen LogP contribution in [0.15, 0.2) is 66.7 Å². The Labute approximate surface area is 130 Å². The third-order valence-corrected chi connectivity index (χ3v) is 3.73. The average Bonchev–Trinajstić information content (AvgIpc) is 2.55. The van der Waals surface area contributed by atoms with E-state index < -0.39 is 0 Å². The summed E-state index contributed by atoms with van der Waals surface area (Å²) in [4.78, 5) is 0. The van der Waals surface area contributed by atoms with Crippen molar-refractivity contribution in [3.05, 3.63) is 72.3 Å². The lowest BCUT2D eigenvalue weighted by molar-refractivity contribution is 0.415. The van der Waals surface area contributed by atoms with Gasteiger partial charge in [0.1, 0.15) is 11.5 Å². The molecule has 0 spiro atoms. The van der Waals surface area contributed by atoms with Crippen LogP contribution in [0.4, 0.5) is 0 Å². The van der Waals surface area contributed by atoms with E-state index in [0.29, 0.717) is 0 Å². The lowest BCUT2D eigenvalue weighted by Gasteiger charge is -2.09. The van der Waals surface area contributed by atoms with Crippen LogP contribution in [0.1, 0.15) is 5.56 Å². The quantitative estimate of drug-likeness (QED) is 0.732. The number of rotatable bonds is 3. The summed E-state index contributed by atoms with van der Waals surface area (Å²) in [5.41, 5.74) is 5.35. The Bertz CT molecular complexity index is 772. The molecule has 2 heteroatoms. The summed E-state index contributed by atoms with van der Waals surface area (Å²) >= 11 is 0. The summed E-state index contributed by atoms with van der Waals surface area (Å²) in [5.74, 6) is 1.09. The minimum atomic E-state index is 0.267. The van der Waals surface area contributed by atoms with E-state index >= 15 is 0 Å². The van der Waals surface area contributed by atoms with E-state index in [1.807, 2.05) is 24.3 Å². The van der Waals surface area contributed by atoms with Crippen molar-refractivity contribution in [2.75, 3.05) is 7.11 Å². The monoisotopic (exact) mass is 290 g/mol. The zero-order chi connectivity index (χ0) is 15.5. The van der Waals surface area contributed by atoms with Crippen molar-refractivity contribution in [2.45, 2.75) is 6.92 Å². The predicted octanol–water partition coefficient (Wildman–Crippen LogP) is 5.04. The van der Waals surface area contributed by atoms with E-state index in [1.165, 1.54) is 5.56 Å². The molecular formula is C20H18O2. The highest BCUT2D eigenvalue weighted by molar-refractivity contribution is 5.75. The van der Waals surface area contributed by atoms with E-state index in [1.54, 1.807) is 19.2 Å². The van der Waals surface area contributed by atoms with Gasteiger partial charge in [-0.1, -0.05) is 42.0 Å². The topological polar surface area (TPSA) is 29.5 Å². The fourth-order valence-electron chi connectivity index (χ4n) is 2.47. The highest BCUT2D eigenvalue weighted by atomic mass is 16.5. The van der Waals surface area contributed by atoms with Crippen molar-refractivity contribution in [3.63, 3.8) is 0 Å². The van der Waals surface area contributed by atoms with Crippen molar-refractivity contribution in [1.82, 2.24) is 0 Å². The van der Waals surface area contributed by atoms with Gasteiger partial charge in [-0.3, -0.25) is 0 Å². The second kappa shape index (κ2) is 5.94. The zero-order valence-corrected chi connectivity index (χ0v) is 12.7. The molecule has 0 saturated heterocycles. The largest absolute Gasteiger partial charge is 0.508 e. The van der Waals surface area contributed by atoms with Crippen molar-refractivity contribution in [2.24, 2.45) is 0 Å². The van der Waals surface area contributed by atoms with Crippen molar-refractivity contribution in [3.8, 4) is 33.8 Å². The first kappa shape index (κ1) is 14.2. The third-order valence-electron chi connectivity index (χ3n) is 3.73. The summed E-state index contributed by atoms with van der Waals surface area (Å²) in [7, 11) is 1.65. The molecular weight excluding hydrogens is 272 g/mol. The molecule has 0 heterocycles. The maximum absolute atomic E-state index is 10.0. The maximum Gasteiger partial charge on any atom is 0.118 e. The van der Waals surface area contributed by atoms with E-state index in [4.69, 9.17) is 4.74 Å². The van der Waals surface area contributed by atoms with E-state index in [2.05, 4.69) is 37.3 Å². The highest BCUT2D eigenvalue weighted by Gasteiger charge is 2.05. The molecule has 0 atom stereocenters. The van der Waals surface area contributed by atoms with Crippen LogP contribution in [0.3, 0.4) is 0 Å². The fraction of sp³-hybridized carbons (Fsp3) is 0.100. The number of aryl methyl sites for hydroxylation is 1. The Hall–Kier alpha value is -2.74. The minimum Gasteiger partial charge on any atom is -0.508 e. The molecule has 0 aliphatic carbocycles. The standard InChI is InChI=1S/C20H18O2/c1-14-3-5-15(6-4-14)17-11-18(13-19(21)12-17)16-7-9-20(22-2)10-8-16/h3-13,21H,1-2H3. The van der Waals surface area contributed by atoms with Crippen molar-refractivity contribution < 1.29 is 9.84 Å². The van der Waals surface area contributed by atoms with Gasteiger partial charge < -0.3 is 9.84 Å². The number of phenolic OH excluding ortho intramolecular Hbond substituents is 1. The first-order valence-corrected chi connectivity index (χ1v) is 7.21. The van der Waals surface area contributed by atoms with E-state index in [-0.39, 0.29) is 5.75 Å². The minimum absolute atomic E-state index is 0.267. The SMILES string of the molecule is COc1ccc(-c2cc(O)cc(-c3ccc(C)cc3)c2)cc1. The Morgan fingerprint density at radius 1 is 0.682 bits per heavy atom. The summed E-state index contributed by atoms with van der Waals surface area (Å²) in [6, 6.07) is 21.8. The molecule has 0 fully saturated rings. The van der Waals surface area contributed by atoms with Gasteiger partial charge in [-0.25, -0.2) is 0 Å². The number of hydrogen-bond donors (Lipinski definition) is 1. The van der Waals surface area contributed by atoms with Gasteiger partial charge in [0.05, 0.1) is 7.11 Å². The number of hydrogen-bond acceptors (Lipinski definition) is 2. The molecule has 3 aromatic carbocycles. The van der Waals surface area contributed by atoms with Gasteiger partial charge in [0.15, 0.2) is 0 Å². The molecule has 2 nitrogen and oxygen atoms in total. The zero-order valence-electron chi connectivity index (χ0n) is 12.7. The molecule has 22 heavy (non-hydrogen) atoms. The fourth-order valence-corrected chi connectivity index (χ4v) is 2.47. The summed E-state index contributed by atoms with van der Waals surface area (Å²) in [6.07, 6.45) is 0. The molecule has 1 N–H and O–H groups in total. The van der Waals surface area contributed by atoms with Crippen LogP contribution in [0, 0.1) is 6.92 Å². The summed E-state index contributed by atoms with van der Waals surface area (Å²) in [5, 5.41) is 10.0. The number of benzene rings is 3. The first-order chi connectivity index (χ1) is 10.7. The second-order valence-corrected chi connectivity index (χ2v) is 5.36. The molecule has 3 rings (SSSR count). The van der Waals surface area contributed by atoms with Crippen LogP contribution < -0.4 is 4.74 Å². The van der Waals surface area contributed by atoms with Crippen molar-refractivity contribution >= 4 is 0 Å². The second-order valence-electron chi connectivity index (χ2n) is 5.36. The van der Waals surface area contributed by atoms with Gasteiger partial charge in [-0.15, -0.1) is 0 Å². The van der Waals surface area contributed by atoms with Gasteiger partial charge in [-0.05, 0) is 59.5 Å². The molecule has 110 valence electrons. The number of methoxy groups -OCH3 is 1.